The number of fused-ring (bicyclic) bond motifs is 2. The van der Waals surface area contributed by atoms with Crippen LogP contribution in [-0.4, -0.2) is 106 Å². The fourth-order valence-electron chi connectivity index (χ4n) is 5.76. The zero-order valence-electron chi connectivity index (χ0n) is 31.9. The summed E-state index contributed by atoms with van der Waals surface area (Å²) in [5.74, 6) is 2.75. The Morgan fingerprint density at radius 3 is 1.00 bits per heavy atom. The number of ether oxygens (including phenoxy) is 10. The van der Waals surface area contributed by atoms with Gasteiger partial charge in [0.25, 0.3) is 0 Å². The molecule has 2 aromatic carbocycles. The van der Waals surface area contributed by atoms with Crippen molar-refractivity contribution in [2.45, 2.75) is 0 Å². The first kappa shape index (κ1) is 41.2. The molecule has 5 aromatic rings. The highest BCUT2D eigenvalue weighted by molar-refractivity contribution is 7.26. The van der Waals surface area contributed by atoms with E-state index in [2.05, 4.69) is 60.7 Å². The Hall–Kier alpha value is -4.02. The minimum Gasteiger partial charge on any atom is -0.487 e. The van der Waals surface area contributed by atoms with Crippen molar-refractivity contribution >= 4 is 58.3 Å². The number of hydrogen-bond donors (Lipinski definition) is 0. The summed E-state index contributed by atoms with van der Waals surface area (Å²) in [4.78, 5) is 7.32. The van der Waals surface area contributed by atoms with Crippen molar-refractivity contribution in [3.05, 3.63) is 93.7 Å². The zero-order chi connectivity index (χ0) is 38.7. The van der Waals surface area contributed by atoms with Gasteiger partial charge in [-0.15, -0.1) is 34.0 Å². The van der Waals surface area contributed by atoms with Gasteiger partial charge in [0.05, 0.1) is 79.3 Å². The lowest BCUT2D eigenvalue weighted by Crippen LogP contribution is -2.13. The monoisotopic (exact) mass is 832 g/mol. The minimum atomic E-state index is 0.424. The van der Waals surface area contributed by atoms with E-state index in [0.29, 0.717) is 129 Å². The predicted octanol–water partition coefficient (Wildman–Crippen LogP) is 9.19. The number of benzene rings is 2. The van der Waals surface area contributed by atoms with Crippen molar-refractivity contribution < 1.29 is 47.4 Å². The molecule has 0 fully saturated rings. The maximum atomic E-state index is 6.06. The van der Waals surface area contributed by atoms with E-state index in [-0.39, 0.29) is 0 Å². The second kappa shape index (κ2) is 22.8. The van der Waals surface area contributed by atoms with Gasteiger partial charge >= 0.3 is 0 Å². The van der Waals surface area contributed by atoms with E-state index in [9.17, 15) is 0 Å². The summed E-state index contributed by atoms with van der Waals surface area (Å²) in [6, 6.07) is 25.1. The third kappa shape index (κ3) is 13.3. The van der Waals surface area contributed by atoms with Crippen LogP contribution in [0.15, 0.2) is 72.8 Å². The summed E-state index contributed by atoms with van der Waals surface area (Å²) >= 11 is 5.36. The molecule has 0 radical (unpaired) electrons. The maximum absolute atomic E-state index is 6.06. The van der Waals surface area contributed by atoms with Crippen LogP contribution in [0.25, 0.3) is 43.8 Å². The molecule has 0 spiro atoms. The lowest BCUT2D eigenvalue weighted by molar-refractivity contribution is 0.00708. The largest absolute Gasteiger partial charge is 0.487 e. The Morgan fingerprint density at radius 1 is 0.298 bits per heavy atom. The van der Waals surface area contributed by atoms with Crippen LogP contribution < -0.4 is 18.9 Å². The molecule has 57 heavy (non-hydrogen) atoms. The van der Waals surface area contributed by atoms with Gasteiger partial charge in [-0.05, 0) is 83.9 Å². The first-order valence-electron chi connectivity index (χ1n) is 19.2. The molecule has 2 aliphatic rings. The Kier molecular flexibility index (Phi) is 16.5. The van der Waals surface area contributed by atoms with Gasteiger partial charge in [0.1, 0.15) is 26.4 Å². The standard InChI is InChI=1S/C44H48O10S3/c1(33-3-9-37-39(31-33)53-29-25-49-21-17-45-15-19-47-23-27-51-37)5-35-7-11-41(55-35)43-13-14-44(57-43)42-12-8-36(56-42)6-2-34-4-10-38-40(32-34)54-30-26-50-22-18-46-16-20-48-24-28-52-38/h1-14,31-32H,15-30H2/b5-1+,6-2+. The van der Waals surface area contributed by atoms with Gasteiger partial charge in [0, 0.05) is 29.3 Å². The second-order valence-corrected chi connectivity index (χ2v) is 16.0. The number of thiophene rings is 3. The topological polar surface area (TPSA) is 92.3 Å². The van der Waals surface area contributed by atoms with Crippen molar-refractivity contribution in [1.29, 1.82) is 0 Å². The predicted molar refractivity (Wildman–Crippen MR) is 229 cm³/mol. The summed E-state index contributed by atoms with van der Waals surface area (Å²) in [5, 5.41) is 0. The first-order valence-corrected chi connectivity index (χ1v) is 21.6. The molecule has 13 heteroatoms. The quantitative estimate of drug-likeness (QED) is 0.165. The van der Waals surface area contributed by atoms with Crippen LogP contribution >= 0.6 is 34.0 Å². The summed E-state index contributed by atoms with van der Waals surface area (Å²) < 4.78 is 57.5. The fourth-order valence-corrected chi connectivity index (χ4v) is 8.76. The highest BCUT2D eigenvalue weighted by Crippen LogP contribution is 2.41. The van der Waals surface area contributed by atoms with E-state index in [0.717, 1.165) is 11.1 Å². The highest BCUT2D eigenvalue weighted by Gasteiger charge is 2.12. The molecule has 0 atom stereocenters. The van der Waals surface area contributed by atoms with Gasteiger partial charge in [-0.2, -0.15) is 0 Å². The normalized spacial score (nSPS) is 17.4. The van der Waals surface area contributed by atoms with E-state index in [4.69, 9.17) is 47.4 Å². The maximum Gasteiger partial charge on any atom is 0.161 e. The van der Waals surface area contributed by atoms with Crippen LogP contribution in [-0.2, 0) is 28.4 Å². The number of hydrogen-bond acceptors (Lipinski definition) is 13. The summed E-state index contributed by atoms with van der Waals surface area (Å²) in [7, 11) is 0. The molecule has 0 amide bonds. The molecule has 0 saturated heterocycles. The van der Waals surface area contributed by atoms with Gasteiger partial charge in [-0.3, -0.25) is 0 Å². The van der Waals surface area contributed by atoms with Crippen LogP contribution in [0.3, 0.4) is 0 Å². The molecule has 7 rings (SSSR count). The minimum absolute atomic E-state index is 0.424. The highest BCUT2D eigenvalue weighted by atomic mass is 32.1. The third-order valence-corrected chi connectivity index (χ3v) is 12.2. The molecular weight excluding hydrogens is 785 g/mol. The lowest BCUT2D eigenvalue weighted by Gasteiger charge is -2.13. The fraction of sp³-hybridized carbons (Fsp3) is 0.364. The van der Waals surface area contributed by atoms with Crippen molar-refractivity contribution in [3.8, 4) is 42.5 Å². The second-order valence-electron chi connectivity index (χ2n) is 12.7. The molecule has 0 saturated carbocycles. The van der Waals surface area contributed by atoms with Crippen LogP contribution in [0, 0.1) is 0 Å². The molecule has 0 aliphatic carbocycles. The molecule has 0 bridgehead atoms. The molecule has 5 heterocycles. The van der Waals surface area contributed by atoms with Gasteiger partial charge in [-0.25, -0.2) is 0 Å². The van der Waals surface area contributed by atoms with Crippen LogP contribution in [0.1, 0.15) is 20.9 Å². The van der Waals surface area contributed by atoms with E-state index in [1.807, 2.05) is 47.7 Å². The van der Waals surface area contributed by atoms with Crippen LogP contribution in [0.2, 0.25) is 0 Å². The summed E-state index contributed by atoms with van der Waals surface area (Å²) in [6.07, 6.45) is 8.50. The average molecular weight is 833 g/mol. The van der Waals surface area contributed by atoms with Gasteiger partial charge in [-0.1, -0.05) is 24.3 Å². The first-order chi connectivity index (χ1) is 28.3. The molecule has 0 N–H and O–H groups in total. The van der Waals surface area contributed by atoms with Crippen molar-refractivity contribution in [2.75, 3.05) is 106 Å². The smallest absolute Gasteiger partial charge is 0.161 e. The molecule has 0 unspecified atom stereocenters. The molecule has 2 aliphatic heterocycles. The van der Waals surface area contributed by atoms with Crippen LogP contribution in [0.4, 0.5) is 0 Å². The Balaban J connectivity index is 0.954. The Labute approximate surface area is 346 Å². The van der Waals surface area contributed by atoms with Crippen molar-refractivity contribution in [2.24, 2.45) is 0 Å². The third-order valence-electron chi connectivity index (χ3n) is 8.59. The van der Waals surface area contributed by atoms with E-state index in [1.165, 1.54) is 29.3 Å². The number of rotatable bonds is 6. The summed E-state index contributed by atoms with van der Waals surface area (Å²) in [5.41, 5.74) is 2.05. The Morgan fingerprint density at radius 2 is 0.614 bits per heavy atom. The molecule has 3 aromatic heterocycles. The SMILES string of the molecule is C(=C\c1ccc(-c2ccc(-c3ccc(/C=C/c4ccc5c(c4)OCCOCCOCCOCCO5)s3)s2)s1)/c1ccc2c(c1)OCCOCCOCCOCCO2. The molecule has 10 nitrogen and oxygen atoms in total. The lowest BCUT2D eigenvalue weighted by atomic mass is 10.2. The van der Waals surface area contributed by atoms with E-state index < -0.39 is 0 Å². The average Bonchev–Trinajstić information content (AvgIpc) is 4.02. The van der Waals surface area contributed by atoms with Gasteiger partial charge in [0.15, 0.2) is 23.0 Å². The Bertz CT molecular complexity index is 1870. The van der Waals surface area contributed by atoms with Gasteiger partial charge in [0.2, 0.25) is 0 Å². The van der Waals surface area contributed by atoms with Crippen molar-refractivity contribution in [1.82, 2.24) is 0 Å². The molecule has 302 valence electrons. The molecular formula is C44H48O10S3. The van der Waals surface area contributed by atoms with Crippen molar-refractivity contribution in [3.63, 3.8) is 0 Å². The van der Waals surface area contributed by atoms with E-state index >= 15 is 0 Å². The summed E-state index contributed by atoms with van der Waals surface area (Å²) in [6.45, 7) is 7.88. The van der Waals surface area contributed by atoms with Gasteiger partial charge < -0.3 is 47.4 Å². The zero-order valence-corrected chi connectivity index (χ0v) is 34.3. The van der Waals surface area contributed by atoms with Crippen LogP contribution in [0.5, 0.6) is 23.0 Å². The van der Waals surface area contributed by atoms with E-state index in [1.54, 1.807) is 22.7 Å².